The first-order chi connectivity index (χ1) is 6.88. The Hall–Kier alpha value is -1.37. The quantitative estimate of drug-likeness (QED) is 0.771. The SMILES string of the molecule is N#Cc1ccc(CNC2COC2)cc1. The van der Waals surface area contributed by atoms with Crippen LogP contribution in [0.2, 0.25) is 0 Å². The maximum Gasteiger partial charge on any atom is 0.0991 e. The smallest absolute Gasteiger partial charge is 0.0991 e. The van der Waals surface area contributed by atoms with Crippen molar-refractivity contribution in [2.75, 3.05) is 13.2 Å². The van der Waals surface area contributed by atoms with Crippen LogP contribution in [0.1, 0.15) is 11.1 Å². The molecule has 0 radical (unpaired) electrons. The van der Waals surface area contributed by atoms with E-state index in [-0.39, 0.29) is 0 Å². The van der Waals surface area contributed by atoms with Crippen molar-refractivity contribution in [2.45, 2.75) is 12.6 Å². The summed E-state index contributed by atoms with van der Waals surface area (Å²) in [5.41, 5.74) is 1.91. The molecule has 0 aromatic heterocycles. The molecule has 1 N–H and O–H groups in total. The maximum absolute atomic E-state index is 8.61. The Bertz CT molecular complexity index is 335. The molecule has 0 atom stereocenters. The lowest BCUT2D eigenvalue weighted by molar-refractivity contribution is -0.00578. The third kappa shape index (κ3) is 2.11. The number of nitriles is 1. The number of nitrogens with one attached hydrogen (secondary N) is 1. The summed E-state index contributed by atoms with van der Waals surface area (Å²) in [4.78, 5) is 0. The number of hydrogen-bond donors (Lipinski definition) is 1. The van der Waals surface area contributed by atoms with E-state index in [4.69, 9.17) is 10.00 Å². The molecule has 72 valence electrons. The van der Waals surface area contributed by atoms with Gasteiger partial charge in [-0.25, -0.2) is 0 Å². The van der Waals surface area contributed by atoms with Crippen molar-refractivity contribution in [3.63, 3.8) is 0 Å². The van der Waals surface area contributed by atoms with E-state index < -0.39 is 0 Å². The van der Waals surface area contributed by atoms with E-state index in [1.54, 1.807) is 0 Å². The summed E-state index contributed by atoms with van der Waals surface area (Å²) in [6.07, 6.45) is 0. The predicted molar refractivity (Wildman–Crippen MR) is 52.6 cm³/mol. The summed E-state index contributed by atoms with van der Waals surface area (Å²) >= 11 is 0. The highest BCUT2D eigenvalue weighted by Gasteiger charge is 2.16. The molecule has 1 saturated heterocycles. The molecule has 0 bridgehead atoms. The van der Waals surface area contributed by atoms with Crippen molar-refractivity contribution in [1.29, 1.82) is 5.26 Å². The van der Waals surface area contributed by atoms with Gasteiger partial charge in [0.2, 0.25) is 0 Å². The zero-order valence-corrected chi connectivity index (χ0v) is 7.86. The molecule has 1 aromatic carbocycles. The van der Waals surface area contributed by atoms with Crippen LogP contribution in [0.3, 0.4) is 0 Å². The second-order valence-electron chi connectivity index (χ2n) is 3.42. The molecule has 1 heterocycles. The summed E-state index contributed by atoms with van der Waals surface area (Å²) in [6.45, 7) is 2.48. The van der Waals surface area contributed by atoms with Gasteiger partial charge in [-0.1, -0.05) is 12.1 Å². The van der Waals surface area contributed by atoms with E-state index >= 15 is 0 Å². The van der Waals surface area contributed by atoms with E-state index in [0.29, 0.717) is 11.6 Å². The Morgan fingerprint density at radius 1 is 1.36 bits per heavy atom. The number of benzene rings is 1. The third-order valence-corrected chi connectivity index (χ3v) is 2.32. The Balaban J connectivity index is 1.86. The fourth-order valence-corrected chi connectivity index (χ4v) is 1.31. The molecule has 0 unspecified atom stereocenters. The molecule has 1 aliphatic rings. The van der Waals surface area contributed by atoms with Gasteiger partial charge in [0.15, 0.2) is 0 Å². The molecule has 3 nitrogen and oxygen atoms in total. The number of hydrogen-bond acceptors (Lipinski definition) is 3. The predicted octanol–water partition coefficient (Wildman–Crippen LogP) is 1.05. The molecule has 0 spiro atoms. The van der Waals surface area contributed by atoms with E-state index in [0.717, 1.165) is 19.8 Å². The van der Waals surface area contributed by atoms with Crippen molar-refractivity contribution >= 4 is 0 Å². The normalized spacial score (nSPS) is 15.9. The van der Waals surface area contributed by atoms with Crippen LogP contribution in [-0.2, 0) is 11.3 Å². The Morgan fingerprint density at radius 3 is 2.57 bits per heavy atom. The lowest BCUT2D eigenvalue weighted by Crippen LogP contribution is -2.45. The Labute approximate surface area is 83.3 Å². The molecule has 0 saturated carbocycles. The van der Waals surface area contributed by atoms with Crippen LogP contribution in [0, 0.1) is 11.3 Å². The van der Waals surface area contributed by atoms with Crippen molar-refractivity contribution < 1.29 is 4.74 Å². The van der Waals surface area contributed by atoms with Crippen LogP contribution in [0.5, 0.6) is 0 Å². The van der Waals surface area contributed by atoms with Gasteiger partial charge in [0, 0.05) is 6.54 Å². The van der Waals surface area contributed by atoms with E-state index in [1.807, 2.05) is 24.3 Å². The summed E-state index contributed by atoms with van der Waals surface area (Å²) in [7, 11) is 0. The van der Waals surface area contributed by atoms with Crippen molar-refractivity contribution in [3.05, 3.63) is 35.4 Å². The fraction of sp³-hybridized carbons (Fsp3) is 0.364. The highest BCUT2D eigenvalue weighted by atomic mass is 16.5. The van der Waals surface area contributed by atoms with Gasteiger partial charge in [0.25, 0.3) is 0 Å². The van der Waals surface area contributed by atoms with Crippen molar-refractivity contribution in [2.24, 2.45) is 0 Å². The van der Waals surface area contributed by atoms with Crippen molar-refractivity contribution in [1.82, 2.24) is 5.32 Å². The summed E-state index contributed by atoms with van der Waals surface area (Å²) in [5.74, 6) is 0. The van der Waals surface area contributed by atoms with Gasteiger partial charge in [-0.05, 0) is 17.7 Å². The minimum absolute atomic E-state index is 0.505. The lowest BCUT2D eigenvalue weighted by Gasteiger charge is -2.26. The zero-order chi connectivity index (χ0) is 9.80. The molecule has 1 fully saturated rings. The van der Waals surface area contributed by atoms with Crippen LogP contribution in [-0.4, -0.2) is 19.3 Å². The fourth-order valence-electron chi connectivity index (χ4n) is 1.31. The van der Waals surface area contributed by atoms with Crippen LogP contribution < -0.4 is 5.32 Å². The van der Waals surface area contributed by atoms with Gasteiger partial charge in [-0.15, -0.1) is 0 Å². The molecule has 0 aliphatic carbocycles. The molecule has 3 heteroatoms. The van der Waals surface area contributed by atoms with Gasteiger partial charge >= 0.3 is 0 Å². The number of rotatable bonds is 3. The van der Waals surface area contributed by atoms with E-state index in [2.05, 4.69) is 11.4 Å². The lowest BCUT2D eigenvalue weighted by atomic mass is 10.1. The van der Waals surface area contributed by atoms with Crippen LogP contribution in [0.25, 0.3) is 0 Å². The number of nitrogens with zero attached hydrogens (tertiary/aromatic N) is 1. The molecule has 14 heavy (non-hydrogen) atoms. The van der Waals surface area contributed by atoms with Crippen LogP contribution in [0.15, 0.2) is 24.3 Å². The first-order valence-corrected chi connectivity index (χ1v) is 4.68. The molecular weight excluding hydrogens is 176 g/mol. The monoisotopic (exact) mass is 188 g/mol. The summed E-state index contributed by atoms with van der Waals surface area (Å²) < 4.78 is 5.05. The highest BCUT2D eigenvalue weighted by molar-refractivity contribution is 5.31. The Morgan fingerprint density at radius 2 is 2.07 bits per heavy atom. The standard InChI is InChI=1S/C11H12N2O/c12-5-9-1-3-10(4-2-9)6-13-11-7-14-8-11/h1-4,11,13H,6-8H2. The second kappa shape index (κ2) is 4.23. The second-order valence-corrected chi connectivity index (χ2v) is 3.42. The first-order valence-electron chi connectivity index (χ1n) is 4.68. The highest BCUT2D eigenvalue weighted by Crippen LogP contribution is 2.05. The van der Waals surface area contributed by atoms with E-state index in [9.17, 15) is 0 Å². The van der Waals surface area contributed by atoms with E-state index in [1.165, 1.54) is 5.56 Å². The third-order valence-electron chi connectivity index (χ3n) is 2.32. The number of ether oxygens (including phenoxy) is 1. The molecule has 2 rings (SSSR count). The van der Waals surface area contributed by atoms with Gasteiger partial charge < -0.3 is 10.1 Å². The summed E-state index contributed by atoms with van der Waals surface area (Å²) in [5, 5.41) is 12.0. The first kappa shape index (κ1) is 9.20. The molecular formula is C11H12N2O. The maximum atomic E-state index is 8.61. The zero-order valence-electron chi connectivity index (χ0n) is 7.86. The topological polar surface area (TPSA) is 45.0 Å². The van der Waals surface area contributed by atoms with Crippen LogP contribution >= 0.6 is 0 Å². The average molecular weight is 188 g/mol. The largest absolute Gasteiger partial charge is 0.378 e. The molecule has 0 amide bonds. The van der Waals surface area contributed by atoms with Gasteiger partial charge in [0.05, 0.1) is 30.9 Å². The van der Waals surface area contributed by atoms with Crippen molar-refractivity contribution in [3.8, 4) is 6.07 Å². The van der Waals surface area contributed by atoms with Gasteiger partial charge in [-0.2, -0.15) is 5.26 Å². The summed E-state index contributed by atoms with van der Waals surface area (Å²) in [6, 6.07) is 10.2. The molecule has 1 aromatic rings. The van der Waals surface area contributed by atoms with Crippen LogP contribution in [0.4, 0.5) is 0 Å². The minimum atomic E-state index is 0.505. The van der Waals surface area contributed by atoms with Gasteiger partial charge in [0.1, 0.15) is 0 Å². The van der Waals surface area contributed by atoms with Gasteiger partial charge in [-0.3, -0.25) is 0 Å². The average Bonchev–Trinajstić information content (AvgIpc) is 2.16. The Kier molecular flexibility index (Phi) is 2.78. The molecule has 1 aliphatic heterocycles. The minimum Gasteiger partial charge on any atom is -0.378 e.